The largest absolute Gasteiger partial charge is 0.339 e. The third-order valence-electron chi connectivity index (χ3n) is 6.81. The molecule has 5 rings (SSSR count). The molecule has 1 aliphatic heterocycles. The van der Waals surface area contributed by atoms with Crippen molar-refractivity contribution in [2.24, 2.45) is 5.92 Å². The molecule has 1 N–H and O–H groups in total. The predicted octanol–water partition coefficient (Wildman–Crippen LogP) is 6.50. The number of amides is 1. The van der Waals surface area contributed by atoms with Crippen molar-refractivity contribution in [2.75, 3.05) is 18.4 Å². The molecule has 4 aromatic rings. The first-order valence-corrected chi connectivity index (χ1v) is 12.3. The van der Waals surface area contributed by atoms with Gasteiger partial charge in [-0.25, -0.2) is 0 Å². The third kappa shape index (κ3) is 5.03. The van der Waals surface area contributed by atoms with Gasteiger partial charge >= 0.3 is 0 Å². The van der Waals surface area contributed by atoms with E-state index in [-0.39, 0.29) is 11.8 Å². The zero-order valence-electron chi connectivity index (χ0n) is 19.5. The number of piperidine rings is 1. The lowest BCUT2D eigenvalue weighted by Crippen LogP contribution is -2.38. The Balaban J connectivity index is 1.27. The summed E-state index contributed by atoms with van der Waals surface area (Å²) in [5, 5.41) is 5.15. The highest BCUT2D eigenvalue weighted by Gasteiger charge is 2.26. The van der Waals surface area contributed by atoms with E-state index >= 15 is 0 Å². The van der Waals surface area contributed by atoms with Crippen LogP contribution in [0.3, 0.4) is 0 Å². The molecule has 0 saturated carbocycles. The van der Waals surface area contributed by atoms with Crippen LogP contribution in [0.4, 0.5) is 5.69 Å². The Kier molecular flexibility index (Phi) is 6.70. The van der Waals surface area contributed by atoms with Crippen molar-refractivity contribution < 1.29 is 4.79 Å². The number of aromatic nitrogens is 1. The molecular formula is C29H30ClN3O. The summed E-state index contributed by atoms with van der Waals surface area (Å²) >= 11 is 6.49. The van der Waals surface area contributed by atoms with E-state index in [2.05, 4.69) is 51.2 Å². The van der Waals surface area contributed by atoms with E-state index in [0.717, 1.165) is 60.9 Å². The monoisotopic (exact) mass is 471 g/mol. The van der Waals surface area contributed by atoms with E-state index < -0.39 is 0 Å². The van der Waals surface area contributed by atoms with Crippen molar-refractivity contribution in [3.8, 4) is 0 Å². The van der Waals surface area contributed by atoms with Gasteiger partial charge in [-0.15, -0.1) is 0 Å². The molecule has 1 amide bonds. The molecule has 174 valence electrons. The van der Waals surface area contributed by atoms with Gasteiger partial charge in [0.2, 0.25) is 5.91 Å². The SMILES string of the molecule is Cc1cccc(NC(=O)C2CCN(Cc3cc4ccccc4n3Cc3ccccc3Cl)CC2)c1. The van der Waals surface area contributed by atoms with Gasteiger partial charge in [0.25, 0.3) is 0 Å². The number of para-hydroxylation sites is 1. The smallest absolute Gasteiger partial charge is 0.227 e. The van der Waals surface area contributed by atoms with Gasteiger partial charge in [-0.1, -0.05) is 60.1 Å². The summed E-state index contributed by atoms with van der Waals surface area (Å²) in [5.41, 5.74) is 5.67. The highest BCUT2D eigenvalue weighted by atomic mass is 35.5. The van der Waals surface area contributed by atoms with Crippen LogP contribution in [-0.4, -0.2) is 28.5 Å². The van der Waals surface area contributed by atoms with E-state index in [4.69, 9.17) is 11.6 Å². The van der Waals surface area contributed by atoms with Crippen LogP contribution in [0.1, 0.15) is 29.7 Å². The van der Waals surface area contributed by atoms with Crippen LogP contribution in [0.2, 0.25) is 5.02 Å². The number of fused-ring (bicyclic) bond motifs is 1. The maximum atomic E-state index is 12.8. The fourth-order valence-electron chi connectivity index (χ4n) is 4.93. The highest BCUT2D eigenvalue weighted by Crippen LogP contribution is 2.27. The molecule has 0 bridgehead atoms. The molecule has 1 aromatic heterocycles. The Labute approximate surface area is 206 Å². The average molecular weight is 472 g/mol. The number of nitrogens with zero attached hydrogens (tertiary/aromatic N) is 2. The number of rotatable bonds is 6. The van der Waals surface area contributed by atoms with Crippen LogP contribution in [0, 0.1) is 12.8 Å². The molecule has 2 heterocycles. The minimum atomic E-state index is 0.0609. The summed E-state index contributed by atoms with van der Waals surface area (Å²) < 4.78 is 2.38. The van der Waals surface area contributed by atoms with Crippen molar-refractivity contribution in [1.29, 1.82) is 0 Å². The maximum Gasteiger partial charge on any atom is 0.227 e. The second-order valence-electron chi connectivity index (χ2n) is 9.28. The number of aryl methyl sites for hydroxylation is 1. The van der Waals surface area contributed by atoms with Crippen LogP contribution in [0.15, 0.2) is 78.9 Å². The number of benzene rings is 3. The van der Waals surface area contributed by atoms with Crippen molar-refractivity contribution >= 4 is 34.1 Å². The fraction of sp³-hybridized carbons (Fsp3) is 0.276. The average Bonchev–Trinajstić information content (AvgIpc) is 3.18. The molecule has 0 unspecified atom stereocenters. The summed E-state index contributed by atoms with van der Waals surface area (Å²) in [4.78, 5) is 15.3. The molecule has 0 spiro atoms. The number of hydrogen-bond donors (Lipinski definition) is 1. The first-order chi connectivity index (χ1) is 16.6. The predicted molar refractivity (Wildman–Crippen MR) is 140 cm³/mol. The van der Waals surface area contributed by atoms with Crippen molar-refractivity contribution in [3.63, 3.8) is 0 Å². The number of likely N-dealkylation sites (tertiary alicyclic amines) is 1. The Hall–Kier alpha value is -3.08. The van der Waals surface area contributed by atoms with Gasteiger partial charge in [0, 0.05) is 40.9 Å². The van der Waals surface area contributed by atoms with Gasteiger partial charge in [-0.3, -0.25) is 9.69 Å². The van der Waals surface area contributed by atoms with Crippen LogP contribution in [-0.2, 0) is 17.9 Å². The molecule has 5 heteroatoms. The second kappa shape index (κ2) is 10.0. The molecular weight excluding hydrogens is 442 g/mol. The summed E-state index contributed by atoms with van der Waals surface area (Å²) in [5.74, 6) is 0.198. The Bertz CT molecular complexity index is 1300. The van der Waals surface area contributed by atoms with Crippen molar-refractivity contribution in [1.82, 2.24) is 9.47 Å². The van der Waals surface area contributed by atoms with Crippen LogP contribution in [0.5, 0.6) is 0 Å². The van der Waals surface area contributed by atoms with E-state index in [1.165, 1.54) is 16.6 Å². The Morgan fingerprint density at radius 2 is 1.71 bits per heavy atom. The van der Waals surface area contributed by atoms with Gasteiger partial charge < -0.3 is 9.88 Å². The van der Waals surface area contributed by atoms with E-state index in [0.29, 0.717) is 0 Å². The number of anilines is 1. The number of carbonyl (C=O) groups is 1. The summed E-state index contributed by atoms with van der Waals surface area (Å²) in [6.07, 6.45) is 1.75. The zero-order chi connectivity index (χ0) is 23.5. The number of carbonyl (C=O) groups excluding carboxylic acids is 1. The molecule has 0 atom stereocenters. The summed E-state index contributed by atoms with van der Waals surface area (Å²) in [6, 6.07) is 26.9. The second-order valence-corrected chi connectivity index (χ2v) is 9.69. The summed E-state index contributed by atoms with van der Waals surface area (Å²) in [7, 11) is 0. The molecule has 1 aliphatic rings. The third-order valence-corrected chi connectivity index (χ3v) is 7.18. The van der Waals surface area contributed by atoms with Gasteiger partial charge in [0.1, 0.15) is 0 Å². The molecule has 3 aromatic carbocycles. The minimum Gasteiger partial charge on any atom is -0.339 e. The first kappa shape index (κ1) is 22.7. The lowest BCUT2D eigenvalue weighted by atomic mass is 9.95. The van der Waals surface area contributed by atoms with Gasteiger partial charge in [0.15, 0.2) is 0 Å². The summed E-state index contributed by atoms with van der Waals surface area (Å²) in [6.45, 7) is 5.49. The lowest BCUT2D eigenvalue weighted by Gasteiger charge is -2.31. The van der Waals surface area contributed by atoms with Crippen LogP contribution in [0.25, 0.3) is 10.9 Å². The molecule has 1 fully saturated rings. The zero-order valence-corrected chi connectivity index (χ0v) is 20.3. The Morgan fingerprint density at radius 3 is 2.50 bits per heavy atom. The number of nitrogens with one attached hydrogen (secondary N) is 1. The standard InChI is InChI=1S/C29H30ClN3O/c1-21-7-6-10-25(17-21)31-29(34)22-13-15-32(16-14-22)20-26-18-23-8-3-5-12-28(23)33(26)19-24-9-2-4-11-27(24)30/h2-12,17-18,22H,13-16,19-20H2,1H3,(H,31,34). The Morgan fingerprint density at radius 1 is 0.941 bits per heavy atom. The molecule has 0 aliphatic carbocycles. The normalized spacial score (nSPS) is 15.0. The molecule has 34 heavy (non-hydrogen) atoms. The quantitative estimate of drug-likeness (QED) is 0.348. The van der Waals surface area contributed by atoms with Gasteiger partial charge in [0.05, 0.1) is 0 Å². The molecule has 4 nitrogen and oxygen atoms in total. The maximum absolute atomic E-state index is 12.8. The van der Waals surface area contributed by atoms with Crippen LogP contribution >= 0.6 is 11.6 Å². The van der Waals surface area contributed by atoms with Gasteiger partial charge in [-0.05, 0) is 79.7 Å². The minimum absolute atomic E-state index is 0.0609. The van der Waals surface area contributed by atoms with Gasteiger partial charge in [-0.2, -0.15) is 0 Å². The van der Waals surface area contributed by atoms with Crippen LogP contribution < -0.4 is 5.32 Å². The topological polar surface area (TPSA) is 37.3 Å². The number of halogens is 1. The van der Waals surface area contributed by atoms with E-state index in [1.54, 1.807) is 0 Å². The first-order valence-electron chi connectivity index (χ1n) is 12.0. The van der Waals surface area contributed by atoms with E-state index in [9.17, 15) is 4.79 Å². The fourth-order valence-corrected chi connectivity index (χ4v) is 5.13. The number of hydrogen-bond acceptors (Lipinski definition) is 2. The lowest BCUT2D eigenvalue weighted by molar-refractivity contribution is -0.121. The van der Waals surface area contributed by atoms with Crippen molar-refractivity contribution in [2.45, 2.75) is 32.9 Å². The molecule has 1 saturated heterocycles. The molecule has 0 radical (unpaired) electrons. The highest BCUT2D eigenvalue weighted by molar-refractivity contribution is 6.31. The van der Waals surface area contributed by atoms with E-state index in [1.807, 2.05) is 49.4 Å². The van der Waals surface area contributed by atoms with Crippen molar-refractivity contribution in [3.05, 3.63) is 101 Å².